The van der Waals surface area contributed by atoms with Gasteiger partial charge in [-0.15, -0.1) is 0 Å². The van der Waals surface area contributed by atoms with Crippen molar-refractivity contribution in [2.24, 2.45) is 5.92 Å². The zero-order valence-electron chi connectivity index (χ0n) is 16.5. The Hall–Kier alpha value is -2.76. The Kier molecular flexibility index (Phi) is 5.35. The fraction of sp³-hybridized carbons (Fsp3) is 0.391. The molecule has 4 rings (SSSR count). The Morgan fingerprint density at radius 3 is 2.52 bits per heavy atom. The van der Waals surface area contributed by atoms with E-state index in [4.69, 9.17) is 0 Å². The number of anilines is 1. The third kappa shape index (κ3) is 3.76. The van der Waals surface area contributed by atoms with E-state index in [1.807, 2.05) is 24.0 Å². The predicted octanol–water partition coefficient (Wildman–Crippen LogP) is 4.10. The molecular formula is C23H24F2N2O2. The van der Waals surface area contributed by atoms with Gasteiger partial charge in [-0.1, -0.05) is 18.2 Å². The lowest BCUT2D eigenvalue weighted by Crippen LogP contribution is -2.46. The number of rotatable bonds is 2. The number of carbonyl (C=O) groups is 2. The molecule has 4 nitrogen and oxygen atoms in total. The lowest BCUT2D eigenvalue weighted by atomic mass is 9.92. The molecule has 2 aliphatic heterocycles. The maximum absolute atomic E-state index is 13.9. The zero-order chi connectivity index (χ0) is 20.5. The molecule has 152 valence electrons. The molecule has 0 N–H and O–H groups in total. The topological polar surface area (TPSA) is 40.6 Å². The minimum absolute atomic E-state index is 0.111. The average molecular weight is 398 g/mol. The van der Waals surface area contributed by atoms with Crippen molar-refractivity contribution in [2.75, 3.05) is 24.5 Å². The zero-order valence-corrected chi connectivity index (χ0v) is 16.5. The summed E-state index contributed by atoms with van der Waals surface area (Å²) in [5, 5.41) is 0. The van der Waals surface area contributed by atoms with E-state index in [-0.39, 0.29) is 17.4 Å². The summed E-state index contributed by atoms with van der Waals surface area (Å²) < 4.78 is 27.0. The van der Waals surface area contributed by atoms with Gasteiger partial charge in [0, 0.05) is 37.3 Å². The number of likely N-dealkylation sites (tertiary alicyclic amines) is 1. The molecule has 2 aromatic rings. The summed E-state index contributed by atoms with van der Waals surface area (Å²) in [5.74, 6) is -2.05. The fourth-order valence-corrected chi connectivity index (χ4v) is 4.45. The highest BCUT2D eigenvalue weighted by Gasteiger charge is 2.33. The highest BCUT2D eigenvalue weighted by atomic mass is 19.1. The summed E-state index contributed by atoms with van der Waals surface area (Å²) in [5.41, 5.74) is 3.23. The van der Waals surface area contributed by atoms with E-state index >= 15 is 0 Å². The number of halogens is 2. The molecule has 0 atom stereocenters. The van der Waals surface area contributed by atoms with E-state index < -0.39 is 17.5 Å². The lowest BCUT2D eigenvalue weighted by Gasteiger charge is -2.37. The number of hydrogen-bond acceptors (Lipinski definition) is 2. The quantitative estimate of drug-likeness (QED) is 0.764. The van der Waals surface area contributed by atoms with Gasteiger partial charge >= 0.3 is 0 Å². The Morgan fingerprint density at radius 2 is 1.79 bits per heavy atom. The maximum Gasteiger partial charge on any atom is 0.256 e. The molecule has 0 aromatic heterocycles. The summed E-state index contributed by atoms with van der Waals surface area (Å²) in [7, 11) is 0. The third-order valence-corrected chi connectivity index (χ3v) is 5.98. The van der Waals surface area contributed by atoms with E-state index in [1.165, 1.54) is 11.6 Å². The first-order valence-electron chi connectivity index (χ1n) is 10.1. The van der Waals surface area contributed by atoms with E-state index in [1.54, 1.807) is 4.90 Å². The highest BCUT2D eigenvalue weighted by Crippen LogP contribution is 2.33. The number of carbonyl (C=O) groups excluding carboxylic acids is 2. The van der Waals surface area contributed by atoms with Crippen molar-refractivity contribution in [1.29, 1.82) is 0 Å². The maximum atomic E-state index is 13.9. The van der Waals surface area contributed by atoms with Gasteiger partial charge in [-0.3, -0.25) is 9.59 Å². The van der Waals surface area contributed by atoms with Crippen molar-refractivity contribution in [2.45, 2.75) is 32.6 Å². The van der Waals surface area contributed by atoms with Crippen LogP contribution in [0.5, 0.6) is 0 Å². The first kappa shape index (κ1) is 19.6. The van der Waals surface area contributed by atoms with Gasteiger partial charge in [0.25, 0.3) is 5.91 Å². The van der Waals surface area contributed by atoms with Crippen LogP contribution in [0, 0.1) is 24.5 Å². The van der Waals surface area contributed by atoms with E-state index in [0.717, 1.165) is 42.8 Å². The van der Waals surface area contributed by atoms with Crippen LogP contribution in [-0.2, 0) is 11.2 Å². The van der Waals surface area contributed by atoms with Gasteiger partial charge in [-0.05, 0) is 55.9 Å². The third-order valence-electron chi connectivity index (χ3n) is 5.98. The van der Waals surface area contributed by atoms with Crippen LogP contribution >= 0.6 is 0 Å². The van der Waals surface area contributed by atoms with Crippen molar-refractivity contribution < 1.29 is 18.4 Å². The molecule has 6 heteroatoms. The number of para-hydroxylation sites is 1. The number of nitrogens with zero attached hydrogens (tertiary/aromatic N) is 2. The van der Waals surface area contributed by atoms with E-state index in [2.05, 4.69) is 6.07 Å². The largest absolute Gasteiger partial charge is 0.339 e. The van der Waals surface area contributed by atoms with Crippen molar-refractivity contribution >= 4 is 17.5 Å². The summed E-state index contributed by atoms with van der Waals surface area (Å²) in [6.07, 6.45) is 3.02. The first-order chi connectivity index (χ1) is 14.0. The predicted molar refractivity (Wildman–Crippen MR) is 107 cm³/mol. The van der Waals surface area contributed by atoms with Gasteiger partial charge in [-0.25, -0.2) is 8.78 Å². The highest BCUT2D eigenvalue weighted by molar-refractivity contribution is 5.98. The smallest absolute Gasteiger partial charge is 0.256 e. The fourth-order valence-electron chi connectivity index (χ4n) is 4.45. The van der Waals surface area contributed by atoms with Gasteiger partial charge in [-0.2, -0.15) is 0 Å². The van der Waals surface area contributed by atoms with E-state index in [0.29, 0.717) is 25.9 Å². The van der Waals surface area contributed by atoms with Crippen LogP contribution in [-0.4, -0.2) is 36.3 Å². The van der Waals surface area contributed by atoms with Crippen LogP contribution in [0.1, 0.15) is 40.7 Å². The Balaban J connectivity index is 1.44. The molecule has 1 fully saturated rings. The van der Waals surface area contributed by atoms with Crippen molar-refractivity contribution in [3.8, 4) is 0 Å². The lowest BCUT2D eigenvalue weighted by molar-refractivity contribution is -0.123. The second-order valence-electron chi connectivity index (χ2n) is 7.87. The average Bonchev–Trinajstić information content (AvgIpc) is 2.73. The molecule has 0 unspecified atom stereocenters. The summed E-state index contributed by atoms with van der Waals surface area (Å²) >= 11 is 0. The molecule has 2 aromatic carbocycles. The second kappa shape index (κ2) is 7.93. The Bertz CT molecular complexity index is 952. The summed E-state index contributed by atoms with van der Waals surface area (Å²) in [4.78, 5) is 29.3. The molecule has 0 aliphatic carbocycles. The molecule has 0 spiro atoms. The number of amides is 2. The SMILES string of the molecule is Cc1cccc2c1N(C(=O)C1CCN(C(=O)c3ccc(F)cc3F)CC1)CCC2. The molecule has 29 heavy (non-hydrogen) atoms. The van der Waals surface area contributed by atoms with E-state index in [9.17, 15) is 18.4 Å². The molecule has 2 heterocycles. The molecule has 1 saturated heterocycles. The second-order valence-corrected chi connectivity index (χ2v) is 7.87. The molecule has 2 amide bonds. The summed E-state index contributed by atoms with van der Waals surface area (Å²) in [6.45, 7) is 3.53. The van der Waals surface area contributed by atoms with Crippen LogP contribution in [0.15, 0.2) is 36.4 Å². The van der Waals surface area contributed by atoms with Gasteiger partial charge in [0.15, 0.2) is 0 Å². The number of piperidine rings is 1. The van der Waals surface area contributed by atoms with Crippen molar-refractivity contribution in [3.63, 3.8) is 0 Å². The minimum atomic E-state index is -0.853. The van der Waals surface area contributed by atoms with Gasteiger partial charge in [0.05, 0.1) is 5.56 Å². The van der Waals surface area contributed by atoms with Crippen molar-refractivity contribution in [3.05, 3.63) is 64.7 Å². The molecule has 0 radical (unpaired) electrons. The van der Waals surface area contributed by atoms with Gasteiger partial charge < -0.3 is 9.80 Å². The number of fused-ring (bicyclic) bond motifs is 1. The van der Waals surface area contributed by atoms with Crippen LogP contribution < -0.4 is 4.90 Å². The molecule has 0 bridgehead atoms. The van der Waals surface area contributed by atoms with Gasteiger partial charge in [0.1, 0.15) is 11.6 Å². The van der Waals surface area contributed by atoms with Crippen LogP contribution in [0.4, 0.5) is 14.5 Å². The standard InChI is InChI=1S/C23H24F2N2O2/c1-15-4-2-5-16-6-3-11-27(21(15)16)22(28)17-9-12-26(13-10-17)23(29)19-8-7-18(24)14-20(19)25/h2,4-5,7-8,14,17H,3,6,9-13H2,1H3. The minimum Gasteiger partial charge on any atom is -0.339 e. The normalized spacial score (nSPS) is 17.2. The molecule has 2 aliphatic rings. The Labute approximate surface area is 169 Å². The van der Waals surface area contributed by atoms with Crippen LogP contribution in [0.3, 0.4) is 0 Å². The molecule has 0 saturated carbocycles. The number of benzene rings is 2. The van der Waals surface area contributed by atoms with Crippen molar-refractivity contribution in [1.82, 2.24) is 4.90 Å². The van der Waals surface area contributed by atoms with Crippen LogP contribution in [0.2, 0.25) is 0 Å². The monoisotopic (exact) mass is 398 g/mol. The number of aryl methyl sites for hydroxylation is 2. The van der Waals surface area contributed by atoms with Crippen LogP contribution in [0.25, 0.3) is 0 Å². The Morgan fingerprint density at radius 1 is 1.03 bits per heavy atom. The summed E-state index contributed by atoms with van der Waals surface area (Å²) in [6, 6.07) is 9.13. The number of hydrogen-bond donors (Lipinski definition) is 0. The van der Waals surface area contributed by atoms with Gasteiger partial charge in [0.2, 0.25) is 5.91 Å². The first-order valence-corrected chi connectivity index (χ1v) is 10.1. The molecular weight excluding hydrogens is 374 g/mol.